The lowest BCUT2D eigenvalue weighted by molar-refractivity contribution is 0.00742. The molecule has 2 rings (SSSR count). The van der Waals surface area contributed by atoms with E-state index in [4.69, 9.17) is 9.84 Å². The summed E-state index contributed by atoms with van der Waals surface area (Å²) in [5.41, 5.74) is 0. The minimum Gasteiger partial charge on any atom is -0.384 e. The van der Waals surface area contributed by atoms with E-state index in [-0.39, 0.29) is 18.6 Å². The van der Waals surface area contributed by atoms with E-state index >= 15 is 0 Å². The first kappa shape index (κ1) is 15.0. The Balaban J connectivity index is 2.01. The van der Waals surface area contributed by atoms with Crippen LogP contribution in [0.4, 0.5) is 0 Å². The van der Waals surface area contributed by atoms with Gasteiger partial charge in [-0.25, -0.2) is 0 Å². The van der Waals surface area contributed by atoms with Crippen LogP contribution in [0.3, 0.4) is 0 Å². The van der Waals surface area contributed by atoms with Crippen molar-refractivity contribution in [3.8, 4) is 11.8 Å². The molecule has 20 heavy (non-hydrogen) atoms. The van der Waals surface area contributed by atoms with Gasteiger partial charge in [0.15, 0.2) is 0 Å². The van der Waals surface area contributed by atoms with Crippen molar-refractivity contribution in [2.24, 2.45) is 0 Å². The van der Waals surface area contributed by atoms with E-state index in [1.165, 1.54) is 11.3 Å². The maximum atomic E-state index is 12.4. The van der Waals surface area contributed by atoms with Crippen LogP contribution in [0, 0.1) is 11.8 Å². The Hall–Kier alpha value is -1.35. The van der Waals surface area contributed by atoms with Gasteiger partial charge in [-0.1, -0.05) is 11.8 Å². The molecule has 4 nitrogen and oxygen atoms in total. The van der Waals surface area contributed by atoms with Crippen molar-refractivity contribution < 1.29 is 14.6 Å². The monoisotopic (exact) mass is 293 g/mol. The summed E-state index contributed by atoms with van der Waals surface area (Å²) in [6.07, 6.45) is 2.17. The number of carbonyl (C=O) groups excluding carboxylic acids is 1. The third-order valence-corrected chi connectivity index (χ3v) is 4.16. The number of ether oxygens (including phenoxy) is 1. The summed E-state index contributed by atoms with van der Waals surface area (Å²) in [6, 6.07) is 3.63. The molecule has 1 amide bonds. The number of likely N-dealkylation sites (tertiary alicyclic amines) is 1. The van der Waals surface area contributed by atoms with Gasteiger partial charge in [0.25, 0.3) is 5.91 Å². The van der Waals surface area contributed by atoms with Gasteiger partial charge in [-0.15, -0.1) is 11.3 Å². The molecule has 1 atom stereocenters. The minimum atomic E-state index is -0.163. The van der Waals surface area contributed by atoms with Crippen molar-refractivity contribution >= 4 is 17.2 Å². The van der Waals surface area contributed by atoms with E-state index in [0.29, 0.717) is 18.0 Å². The average Bonchev–Trinajstić information content (AvgIpc) is 2.94. The van der Waals surface area contributed by atoms with Gasteiger partial charge in [0, 0.05) is 19.7 Å². The third-order valence-electron chi connectivity index (χ3n) is 3.18. The summed E-state index contributed by atoms with van der Waals surface area (Å²) in [5.74, 6) is 5.47. The second kappa shape index (κ2) is 7.44. The molecule has 1 aliphatic rings. The van der Waals surface area contributed by atoms with Crippen LogP contribution in [0.1, 0.15) is 34.3 Å². The Bertz CT molecular complexity index is 513. The van der Waals surface area contributed by atoms with Crippen LogP contribution in [0.5, 0.6) is 0 Å². The van der Waals surface area contributed by atoms with E-state index in [1.807, 2.05) is 17.9 Å². The molecule has 1 saturated heterocycles. The van der Waals surface area contributed by atoms with E-state index in [1.54, 1.807) is 6.07 Å². The Labute approximate surface area is 123 Å². The number of piperidine rings is 1. The summed E-state index contributed by atoms with van der Waals surface area (Å²) < 4.78 is 5.62. The van der Waals surface area contributed by atoms with Crippen LogP contribution in [0.15, 0.2) is 12.1 Å². The predicted octanol–water partition coefficient (Wildman–Crippen LogP) is 1.73. The predicted molar refractivity (Wildman–Crippen MR) is 78.8 cm³/mol. The molecule has 0 spiro atoms. The first-order chi connectivity index (χ1) is 9.74. The fraction of sp³-hybridized carbons (Fsp3) is 0.533. The molecule has 1 unspecified atom stereocenters. The number of nitrogens with zero attached hydrogens (tertiary/aromatic N) is 1. The molecule has 1 aromatic rings. The summed E-state index contributed by atoms with van der Waals surface area (Å²) >= 11 is 1.37. The van der Waals surface area contributed by atoms with Crippen LogP contribution in [0.2, 0.25) is 0 Å². The van der Waals surface area contributed by atoms with Gasteiger partial charge in [0.05, 0.1) is 15.9 Å². The molecular formula is C15H19NO3S. The number of aliphatic hydroxyl groups is 1. The Kier molecular flexibility index (Phi) is 5.60. The second-order valence-electron chi connectivity index (χ2n) is 4.59. The number of hydrogen-bond acceptors (Lipinski definition) is 4. The molecular weight excluding hydrogens is 274 g/mol. The first-order valence-electron chi connectivity index (χ1n) is 6.85. The molecule has 0 aliphatic carbocycles. The van der Waals surface area contributed by atoms with Gasteiger partial charge in [-0.3, -0.25) is 4.79 Å². The van der Waals surface area contributed by atoms with Crippen LogP contribution < -0.4 is 0 Å². The lowest BCUT2D eigenvalue weighted by Crippen LogP contribution is -2.43. The van der Waals surface area contributed by atoms with Crippen LogP contribution in [0.25, 0.3) is 0 Å². The van der Waals surface area contributed by atoms with E-state index < -0.39 is 0 Å². The second-order valence-corrected chi connectivity index (χ2v) is 5.68. The van der Waals surface area contributed by atoms with Crippen LogP contribution >= 0.6 is 11.3 Å². The van der Waals surface area contributed by atoms with Gasteiger partial charge < -0.3 is 14.7 Å². The molecule has 5 heteroatoms. The zero-order chi connectivity index (χ0) is 14.4. The number of thiophene rings is 1. The molecule has 108 valence electrons. The first-order valence-corrected chi connectivity index (χ1v) is 7.66. The maximum Gasteiger partial charge on any atom is 0.264 e. The average molecular weight is 293 g/mol. The van der Waals surface area contributed by atoms with Crippen molar-refractivity contribution in [3.05, 3.63) is 21.9 Å². The Morgan fingerprint density at radius 1 is 1.60 bits per heavy atom. The number of hydrogen-bond donors (Lipinski definition) is 1. The highest BCUT2D eigenvalue weighted by molar-refractivity contribution is 7.14. The number of rotatable bonds is 3. The van der Waals surface area contributed by atoms with Gasteiger partial charge in [-0.2, -0.15) is 0 Å². The molecule has 0 radical (unpaired) electrons. The van der Waals surface area contributed by atoms with Crippen molar-refractivity contribution in [1.29, 1.82) is 0 Å². The van der Waals surface area contributed by atoms with Crippen LogP contribution in [-0.2, 0) is 4.74 Å². The number of carbonyl (C=O) groups is 1. The molecule has 0 bridgehead atoms. The van der Waals surface area contributed by atoms with E-state index in [0.717, 1.165) is 24.3 Å². The number of aliphatic hydroxyl groups excluding tert-OH is 1. The van der Waals surface area contributed by atoms with Crippen molar-refractivity contribution in [1.82, 2.24) is 4.90 Å². The van der Waals surface area contributed by atoms with Crippen molar-refractivity contribution in [2.75, 3.05) is 26.3 Å². The highest BCUT2D eigenvalue weighted by Gasteiger charge is 2.25. The van der Waals surface area contributed by atoms with E-state index in [9.17, 15) is 4.79 Å². The molecule has 1 fully saturated rings. The summed E-state index contributed by atoms with van der Waals surface area (Å²) in [7, 11) is 0. The summed E-state index contributed by atoms with van der Waals surface area (Å²) in [6.45, 7) is 3.96. The SMILES string of the molecule is CCOC1CCCN(C(=O)c2ccc(C#CCO)s2)C1. The van der Waals surface area contributed by atoms with Crippen molar-refractivity contribution in [2.45, 2.75) is 25.9 Å². The third kappa shape index (κ3) is 3.83. The molecule has 2 heterocycles. The molecule has 0 saturated carbocycles. The fourth-order valence-corrected chi connectivity index (χ4v) is 3.15. The van der Waals surface area contributed by atoms with Gasteiger partial charge >= 0.3 is 0 Å². The van der Waals surface area contributed by atoms with Crippen molar-refractivity contribution in [3.63, 3.8) is 0 Å². The summed E-state index contributed by atoms with van der Waals surface area (Å²) in [4.78, 5) is 15.8. The van der Waals surface area contributed by atoms with Gasteiger partial charge in [0.2, 0.25) is 0 Å². The zero-order valence-corrected chi connectivity index (χ0v) is 12.4. The molecule has 1 N–H and O–H groups in total. The zero-order valence-electron chi connectivity index (χ0n) is 11.6. The fourth-order valence-electron chi connectivity index (χ4n) is 2.30. The number of amides is 1. The minimum absolute atomic E-state index is 0.0523. The largest absolute Gasteiger partial charge is 0.384 e. The van der Waals surface area contributed by atoms with Crippen LogP contribution in [-0.4, -0.2) is 48.3 Å². The lowest BCUT2D eigenvalue weighted by Gasteiger charge is -2.32. The van der Waals surface area contributed by atoms with E-state index in [2.05, 4.69) is 11.8 Å². The molecule has 1 aromatic heterocycles. The normalized spacial score (nSPS) is 18.5. The highest BCUT2D eigenvalue weighted by Crippen LogP contribution is 2.21. The Morgan fingerprint density at radius 2 is 2.45 bits per heavy atom. The summed E-state index contributed by atoms with van der Waals surface area (Å²) in [5, 5.41) is 8.67. The van der Waals surface area contributed by atoms with Gasteiger partial charge in [0.1, 0.15) is 6.61 Å². The lowest BCUT2D eigenvalue weighted by atomic mass is 10.1. The quantitative estimate of drug-likeness (QED) is 0.864. The smallest absolute Gasteiger partial charge is 0.264 e. The molecule has 0 aromatic carbocycles. The van der Waals surface area contributed by atoms with Gasteiger partial charge in [-0.05, 0) is 31.9 Å². The highest BCUT2D eigenvalue weighted by atomic mass is 32.1. The standard InChI is InChI=1S/C15H19NO3S/c1-2-19-12-5-3-9-16(11-12)15(18)14-8-7-13(20-14)6-4-10-17/h7-8,12,17H,2-3,5,9-11H2,1H3. The Morgan fingerprint density at radius 3 is 3.20 bits per heavy atom. The molecule has 1 aliphatic heterocycles. The maximum absolute atomic E-state index is 12.4. The topological polar surface area (TPSA) is 49.8 Å².